The van der Waals surface area contributed by atoms with E-state index in [1.54, 1.807) is 42.1 Å². The Hall–Kier alpha value is -3.25. The zero-order valence-corrected chi connectivity index (χ0v) is 17.3. The molecule has 2 aromatic heterocycles. The molecule has 1 amide bonds. The Balaban J connectivity index is 2.20. The number of nitrogens with zero attached hydrogens (tertiary/aromatic N) is 3. The normalized spacial score (nSPS) is 10.6. The van der Waals surface area contributed by atoms with E-state index in [0.717, 1.165) is 0 Å². The number of aryl methyl sites for hydroxylation is 1. The van der Waals surface area contributed by atoms with Gasteiger partial charge in [-0.25, -0.2) is 9.37 Å². The molecule has 0 saturated carbocycles. The van der Waals surface area contributed by atoms with Gasteiger partial charge in [-0.3, -0.25) is 9.59 Å². The number of nitriles is 1. The lowest BCUT2D eigenvalue weighted by atomic mass is 10.0. The van der Waals surface area contributed by atoms with E-state index in [-0.39, 0.29) is 23.5 Å². The van der Waals surface area contributed by atoms with Crippen molar-refractivity contribution >= 4 is 44.2 Å². The average Bonchev–Trinajstić information content (AvgIpc) is 2.68. The maximum Gasteiger partial charge on any atom is 0.258 e. The smallest absolute Gasteiger partial charge is 0.258 e. The standard InChI is InChI=1S/C20H17BrFN5O2/c1-3-27-17-9-18(26-19(28)4-5-23)25-10-11(17)6-13(20(27)29)12-7-16(24-2)15(22)8-14(12)21/h6-10,24H,3-4H2,1-2H3,(H,25,26,28). The van der Waals surface area contributed by atoms with Crippen LogP contribution in [0.3, 0.4) is 0 Å². The molecule has 0 atom stereocenters. The number of fused-ring (bicyclic) bond motifs is 1. The van der Waals surface area contributed by atoms with Crippen LogP contribution in [0.4, 0.5) is 15.9 Å². The topological polar surface area (TPSA) is 99.8 Å². The first-order valence-corrected chi connectivity index (χ1v) is 9.56. The molecule has 0 unspecified atom stereocenters. The molecular formula is C20H17BrFN5O2. The molecule has 0 aliphatic heterocycles. The molecule has 0 bridgehead atoms. The molecule has 3 aromatic rings. The van der Waals surface area contributed by atoms with Crippen LogP contribution in [0.1, 0.15) is 13.3 Å². The van der Waals surface area contributed by atoms with E-state index in [1.165, 1.54) is 6.07 Å². The van der Waals surface area contributed by atoms with Crippen molar-refractivity contribution in [3.8, 4) is 17.2 Å². The number of carbonyl (C=O) groups is 1. The summed E-state index contributed by atoms with van der Waals surface area (Å²) in [7, 11) is 1.60. The summed E-state index contributed by atoms with van der Waals surface area (Å²) in [6.45, 7) is 2.22. The monoisotopic (exact) mass is 457 g/mol. The average molecular weight is 458 g/mol. The van der Waals surface area contributed by atoms with Crippen molar-refractivity contribution < 1.29 is 9.18 Å². The Morgan fingerprint density at radius 3 is 2.72 bits per heavy atom. The molecule has 9 heteroatoms. The number of rotatable bonds is 5. The van der Waals surface area contributed by atoms with Gasteiger partial charge in [-0.2, -0.15) is 5.26 Å². The lowest BCUT2D eigenvalue weighted by Crippen LogP contribution is -2.22. The van der Waals surface area contributed by atoms with Crippen LogP contribution in [0.15, 0.2) is 39.7 Å². The van der Waals surface area contributed by atoms with Crippen molar-refractivity contribution in [2.24, 2.45) is 0 Å². The number of benzene rings is 1. The number of anilines is 2. The van der Waals surface area contributed by atoms with Gasteiger partial charge >= 0.3 is 0 Å². The number of hydrogen-bond acceptors (Lipinski definition) is 5. The molecule has 1 aromatic carbocycles. The molecule has 7 nitrogen and oxygen atoms in total. The van der Waals surface area contributed by atoms with Gasteiger partial charge in [-0.1, -0.05) is 15.9 Å². The van der Waals surface area contributed by atoms with Gasteiger partial charge in [-0.05, 0) is 25.1 Å². The molecule has 0 aliphatic carbocycles. The number of hydrogen-bond donors (Lipinski definition) is 2. The molecule has 0 radical (unpaired) electrons. The molecule has 148 valence electrons. The second-order valence-corrected chi connectivity index (χ2v) is 7.04. The molecule has 29 heavy (non-hydrogen) atoms. The van der Waals surface area contributed by atoms with Crippen LogP contribution in [0, 0.1) is 17.1 Å². The van der Waals surface area contributed by atoms with Crippen molar-refractivity contribution in [2.75, 3.05) is 17.7 Å². The predicted octanol–water partition coefficient (Wildman–Crippen LogP) is 3.88. The van der Waals surface area contributed by atoms with E-state index in [4.69, 9.17) is 5.26 Å². The summed E-state index contributed by atoms with van der Waals surface area (Å²) in [5, 5.41) is 14.6. The van der Waals surface area contributed by atoms with Gasteiger partial charge in [0.25, 0.3) is 5.56 Å². The number of nitrogens with one attached hydrogen (secondary N) is 2. The Morgan fingerprint density at radius 1 is 1.31 bits per heavy atom. The maximum absolute atomic E-state index is 14.0. The number of carbonyl (C=O) groups excluding carboxylic acids is 1. The molecule has 0 spiro atoms. The van der Waals surface area contributed by atoms with Gasteiger partial charge in [0.1, 0.15) is 18.1 Å². The van der Waals surface area contributed by atoms with Gasteiger partial charge in [0, 0.05) is 46.8 Å². The van der Waals surface area contributed by atoms with Gasteiger partial charge < -0.3 is 15.2 Å². The van der Waals surface area contributed by atoms with Gasteiger partial charge in [0.2, 0.25) is 5.91 Å². The molecule has 3 rings (SSSR count). The number of pyridine rings is 2. The first-order chi connectivity index (χ1) is 13.9. The summed E-state index contributed by atoms with van der Waals surface area (Å²) in [6.07, 6.45) is 1.26. The summed E-state index contributed by atoms with van der Waals surface area (Å²) in [6, 6.07) is 7.94. The highest BCUT2D eigenvalue weighted by Crippen LogP contribution is 2.32. The van der Waals surface area contributed by atoms with Gasteiger partial charge in [0.15, 0.2) is 0 Å². The third-order valence-corrected chi connectivity index (χ3v) is 5.07. The lowest BCUT2D eigenvalue weighted by Gasteiger charge is -2.14. The van der Waals surface area contributed by atoms with Crippen LogP contribution in [0.5, 0.6) is 0 Å². The highest BCUT2D eigenvalue weighted by Gasteiger charge is 2.16. The summed E-state index contributed by atoms with van der Waals surface area (Å²) in [5.41, 5.74) is 1.56. The zero-order chi connectivity index (χ0) is 21.1. The SMILES string of the molecule is CCn1c(=O)c(-c2cc(NC)c(F)cc2Br)cc2cnc(NC(=O)CC#N)cc21. The number of halogens is 2. The largest absolute Gasteiger partial charge is 0.386 e. The Bertz CT molecular complexity index is 1220. The Labute approximate surface area is 174 Å². The van der Waals surface area contributed by atoms with Crippen molar-refractivity contribution in [3.63, 3.8) is 0 Å². The first-order valence-electron chi connectivity index (χ1n) is 8.77. The minimum absolute atomic E-state index is 0.255. The van der Waals surface area contributed by atoms with Crippen molar-refractivity contribution in [1.29, 1.82) is 5.26 Å². The number of aromatic nitrogens is 2. The zero-order valence-electron chi connectivity index (χ0n) is 15.7. The maximum atomic E-state index is 14.0. The third-order valence-electron chi connectivity index (χ3n) is 4.42. The molecular weight excluding hydrogens is 441 g/mol. The summed E-state index contributed by atoms with van der Waals surface area (Å²) >= 11 is 3.34. The van der Waals surface area contributed by atoms with E-state index < -0.39 is 11.7 Å². The van der Waals surface area contributed by atoms with Gasteiger partial charge in [-0.15, -0.1) is 0 Å². The second kappa shape index (κ2) is 8.41. The fraction of sp³-hybridized carbons (Fsp3) is 0.200. The second-order valence-electron chi connectivity index (χ2n) is 6.18. The van der Waals surface area contributed by atoms with E-state index >= 15 is 0 Å². The summed E-state index contributed by atoms with van der Waals surface area (Å²) < 4.78 is 16.0. The Kier molecular flexibility index (Phi) is 5.94. The van der Waals surface area contributed by atoms with Crippen LogP contribution < -0.4 is 16.2 Å². The van der Waals surface area contributed by atoms with E-state index in [9.17, 15) is 14.0 Å². The minimum atomic E-state index is -0.476. The summed E-state index contributed by atoms with van der Waals surface area (Å²) in [4.78, 5) is 29.0. The quantitative estimate of drug-likeness (QED) is 0.605. The molecule has 2 N–H and O–H groups in total. The van der Waals surface area contributed by atoms with Crippen LogP contribution in [0.2, 0.25) is 0 Å². The fourth-order valence-corrected chi connectivity index (χ4v) is 3.58. The first kappa shape index (κ1) is 20.5. The highest BCUT2D eigenvalue weighted by molar-refractivity contribution is 9.10. The third kappa shape index (κ3) is 3.98. The van der Waals surface area contributed by atoms with Crippen LogP contribution in [0.25, 0.3) is 22.0 Å². The van der Waals surface area contributed by atoms with Crippen LogP contribution in [-0.2, 0) is 11.3 Å². The predicted molar refractivity (Wildman–Crippen MR) is 113 cm³/mol. The fourth-order valence-electron chi connectivity index (χ4n) is 3.05. The Morgan fingerprint density at radius 2 is 2.07 bits per heavy atom. The molecule has 0 saturated heterocycles. The van der Waals surface area contributed by atoms with Gasteiger partial charge in [0.05, 0.1) is 17.3 Å². The highest BCUT2D eigenvalue weighted by atomic mass is 79.9. The number of amides is 1. The van der Waals surface area contributed by atoms with Crippen LogP contribution in [-0.4, -0.2) is 22.5 Å². The molecule has 0 aliphatic rings. The van der Waals surface area contributed by atoms with Crippen molar-refractivity contribution in [1.82, 2.24) is 9.55 Å². The lowest BCUT2D eigenvalue weighted by molar-refractivity contribution is -0.115. The van der Waals surface area contributed by atoms with Crippen molar-refractivity contribution in [2.45, 2.75) is 19.9 Å². The van der Waals surface area contributed by atoms with E-state index in [2.05, 4.69) is 31.5 Å². The summed E-state index contributed by atoms with van der Waals surface area (Å²) in [5.74, 6) is -0.650. The van der Waals surface area contributed by atoms with Crippen molar-refractivity contribution in [3.05, 3.63) is 51.1 Å². The van der Waals surface area contributed by atoms with E-state index in [0.29, 0.717) is 33.0 Å². The molecule has 2 heterocycles. The van der Waals surface area contributed by atoms with E-state index in [1.807, 2.05) is 6.92 Å². The minimum Gasteiger partial charge on any atom is -0.386 e. The molecule has 0 fully saturated rings. The van der Waals surface area contributed by atoms with Crippen LogP contribution >= 0.6 is 15.9 Å².